The van der Waals surface area contributed by atoms with Crippen LogP contribution in [0.4, 0.5) is 4.79 Å². The van der Waals surface area contributed by atoms with Crippen molar-refractivity contribution in [2.75, 3.05) is 18.8 Å². The van der Waals surface area contributed by atoms with E-state index in [1.807, 2.05) is 12.1 Å². The molecular weight excluding hydrogens is 382 g/mol. The van der Waals surface area contributed by atoms with Gasteiger partial charge in [-0.25, -0.2) is 10.2 Å². The fourth-order valence-corrected chi connectivity index (χ4v) is 3.89. The van der Waals surface area contributed by atoms with E-state index < -0.39 is 0 Å². The number of unbranched alkanes of at least 4 members (excludes halogenated alkanes) is 11. The van der Waals surface area contributed by atoms with E-state index in [1.54, 1.807) is 23.9 Å². The van der Waals surface area contributed by atoms with Gasteiger partial charge in [-0.1, -0.05) is 77.6 Å². The minimum atomic E-state index is -0.185. The van der Waals surface area contributed by atoms with Crippen molar-refractivity contribution in [1.82, 2.24) is 16.2 Å². The molecule has 0 saturated carbocycles. The Bertz CT molecular complexity index is 511. The van der Waals surface area contributed by atoms with Crippen LogP contribution in [-0.2, 0) is 0 Å². The summed E-state index contributed by atoms with van der Waals surface area (Å²) in [5.41, 5.74) is 5.68. The fourth-order valence-electron chi connectivity index (χ4n) is 3.12. The summed E-state index contributed by atoms with van der Waals surface area (Å²) in [5.74, 6) is 1.06. The number of aromatic hydroxyl groups is 1. The molecule has 0 saturated heterocycles. The Labute approximate surface area is 181 Å². The van der Waals surface area contributed by atoms with Crippen LogP contribution in [-0.4, -0.2) is 30.0 Å². The average Bonchev–Trinajstić information content (AvgIpc) is 2.72. The molecule has 0 heterocycles. The number of thioether (sulfide) groups is 1. The van der Waals surface area contributed by atoms with E-state index in [0.717, 1.165) is 23.6 Å². The predicted molar refractivity (Wildman–Crippen MR) is 124 cm³/mol. The molecule has 0 aliphatic rings. The first kappa shape index (κ1) is 25.6. The lowest BCUT2D eigenvalue weighted by Crippen LogP contribution is -2.45. The normalized spacial score (nSPS) is 10.8. The van der Waals surface area contributed by atoms with Crippen LogP contribution in [0.15, 0.2) is 29.2 Å². The molecule has 4 N–H and O–H groups in total. The van der Waals surface area contributed by atoms with Gasteiger partial charge in [0.05, 0.1) is 0 Å². The monoisotopic (exact) mass is 423 g/mol. The number of carbonyl (C=O) groups is 1. The highest BCUT2D eigenvalue weighted by Crippen LogP contribution is 2.19. The largest absolute Gasteiger partial charge is 0.508 e. The maximum atomic E-state index is 11.7. The van der Waals surface area contributed by atoms with Crippen molar-refractivity contribution in [2.24, 2.45) is 0 Å². The smallest absolute Gasteiger partial charge is 0.329 e. The maximum absolute atomic E-state index is 11.7. The van der Waals surface area contributed by atoms with Crippen LogP contribution in [0.5, 0.6) is 5.75 Å². The second-order valence-electron chi connectivity index (χ2n) is 7.54. The molecule has 0 aliphatic carbocycles. The van der Waals surface area contributed by atoms with Crippen LogP contribution < -0.4 is 16.2 Å². The van der Waals surface area contributed by atoms with Gasteiger partial charge >= 0.3 is 6.03 Å². The van der Waals surface area contributed by atoms with Crippen LogP contribution >= 0.6 is 11.8 Å². The van der Waals surface area contributed by atoms with E-state index >= 15 is 0 Å². The van der Waals surface area contributed by atoms with E-state index in [9.17, 15) is 9.90 Å². The third kappa shape index (κ3) is 16.1. The van der Waals surface area contributed by atoms with Gasteiger partial charge in [-0.15, -0.1) is 11.8 Å². The summed E-state index contributed by atoms with van der Waals surface area (Å²) in [6.45, 7) is 3.67. The van der Waals surface area contributed by atoms with E-state index in [2.05, 4.69) is 23.1 Å². The molecule has 1 aromatic rings. The Morgan fingerprint density at radius 2 is 1.38 bits per heavy atom. The molecule has 1 rings (SSSR count). The molecule has 2 amide bonds. The lowest BCUT2D eigenvalue weighted by Gasteiger charge is -2.09. The van der Waals surface area contributed by atoms with Crippen LogP contribution in [0.2, 0.25) is 0 Å². The standard InChI is InChI=1S/C23H41N3O2S/c1-2-3-4-5-6-7-8-9-10-11-12-13-18-25-26-23(28)24-19-20-29-22-16-14-21(27)15-17-22/h14-17,25,27H,2-13,18-20H2,1H3,(H2,24,26,28). The zero-order chi connectivity index (χ0) is 21.0. The van der Waals surface area contributed by atoms with Gasteiger partial charge in [0.25, 0.3) is 0 Å². The average molecular weight is 424 g/mol. The van der Waals surface area contributed by atoms with Gasteiger partial charge in [0.15, 0.2) is 0 Å². The molecule has 0 atom stereocenters. The van der Waals surface area contributed by atoms with Gasteiger partial charge in [-0.2, -0.15) is 0 Å². The summed E-state index contributed by atoms with van der Waals surface area (Å²) >= 11 is 1.65. The van der Waals surface area contributed by atoms with Crippen molar-refractivity contribution >= 4 is 17.8 Å². The molecule has 0 aromatic heterocycles. The highest BCUT2D eigenvalue weighted by atomic mass is 32.2. The van der Waals surface area contributed by atoms with Crippen molar-refractivity contribution in [3.8, 4) is 5.75 Å². The Morgan fingerprint density at radius 1 is 0.828 bits per heavy atom. The number of hydrogen-bond donors (Lipinski definition) is 4. The van der Waals surface area contributed by atoms with Crippen LogP contribution in [0.1, 0.15) is 84.0 Å². The lowest BCUT2D eigenvalue weighted by atomic mass is 10.1. The third-order valence-corrected chi connectivity index (χ3v) is 5.86. The second kappa shape index (κ2) is 18.6. The van der Waals surface area contributed by atoms with Crippen molar-refractivity contribution in [3.63, 3.8) is 0 Å². The van der Waals surface area contributed by atoms with Gasteiger partial charge in [-0.05, 0) is 30.7 Å². The van der Waals surface area contributed by atoms with Gasteiger partial charge in [0.1, 0.15) is 5.75 Å². The molecule has 1 aromatic carbocycles. The number of urea groups is 1. The minimum Gasteiger partial charge on any atom is -0.508 e. The van der Waals surface area contributed by atoms with E-state index in [0.29, 0.717) is 6.54 Å². The number of phenols is 1. The van der Waals surface area contributed by atoms with Crippen molar-refractivity contribution in [1.29, 1.82) is 0 Å². The number of benzene rings is 1. The Hall–Kier alpha value is -1.40. The Kier molecular flexibility index (Phi) is 16.5. The first-order valence-electron chi connectivity index (χ1n) is 11.4. The molecule has 166 valence electrons. The maximum Gasteiger partial charge on any atom is 0.329 e. The van der Waals surface area contributed by atoms with Gasteiger partial charge < -0.3 is 10.4 Å². The zero-order valence-electron chi connectivity index (χ0n) is 18.2. The number of rotatable bonds is 18. The van der Waals surface area contributed by atoms with E-state index in [4.69, 9.17) is 0 Å². The summed E-state index contributed by atoms with van der Waals surface area (Å²) in [7, 11) is 0. The molecule has 0 aliphatic heterocycles. The summed E-state index contributed by atoms with van der Waals surface area (Å²) in [6.07, 6.45) is 16.0. The third-order valence-electron chi connectivity index (χ3n) is 4.85. The number of phenolic OH excluding ortho intramolecular Hbond substituents is 1. The zero-order valence-corrected chi connectivity index (χ0v) is 19.0. The number of hydrogen-bond acceptors (Lipinski definition) is 4. The molecule has 6 heteroatoms. The highest BCUT2D eigenvalue weighted by molar-refractivity contribution is 7.99. The predicted octanol–water partition coefficient (Wildman–Crippen LogP) is 5.99. The molecule has 0 spiro atoms. The topological polar surface area (TPSA) is 73.4 Å². The molecule has 29 heavy (non-hydrogen) atoms. The first-order chi connectivity index (χ1) is 14.2. The van der Waals surface area contributed by atoms with Crippen LogP contribution in [0, 0.1) is 0 Å². The number of hydrazine groups is 1. The fraction of sp³-hybridized carbons (Fsp3) is 0.696. The molecule has 5 nitrogen and oxygen atoms in total. The molecule has 0 fully saturated rings. The Balaban J connectivity index is 1.79. The molecule has 0 radical (unpaired) electrons. The molecular formula is C23H41N3O2S. The Morgan fingerprint density at radius 3 is 1.97 bits per heavy atom. The summed E-state index contributed by atoms with van der Waals surface area (Å²) in [5, 5.41) is 12.1. The van der Waals surface area contributed by atoms with Crippen molar-refractivity contribution < 1.29 is 9.90 Å². The number of nitrogens with one attached hydrogen (secondary N) is 3. The quantitative estimate of drug-likeness (QED) is 0.133. The molecule has 0 unspecified atom stereocenters. The number of carbonyl (C=O) groups excluding carboxylic acids is 1. The van der Waals surface area contributed by atoms with E-state index in [1.165, 1.54) is 70.6 Å². The minimum absolute atomic E-state index is 0.185. The lowest BCUT2D eigenvalue weighted by molar-refractivity contribution is 0.237. The van der Waals surface area contributed by atoms with Crippen molar-refractivity contribution in [3.05, 3.63) is 24.3 Å². The van der Waals surface area contributed by atoms with Crippen LogP contribution in [0.25, 0.3) is 0 Å². The summed E-state index contributed by atoms with van der Waals surface area (Å²) < 4.78 is 0. The van der Waals surface area contributed by atoms with Crippen LogP contribution in [0.3, 0.4) is 0 Å². The highest BCUT2D eigenvalue weighted by Gasteiger charge is 1.99. The molecule has 0 bridgehead atoms. The van der Waals surface area contributed by atoms with Gasteiger partial charge in [0.2, 0.25) is 0 Å². The summed E-state index contributed by atoms with van der Waals surface area (Å²) in [6, 6.07) is 6.89. The van der Waals surface area contributed by atoms with E-state index in [-0.39, 0.29) is 11.8 Å². The van der Waals surface area contributed by atoms with Gasteiger partial charge in [0, 0.05) is 23.7 Å². The number of amides is 2. The first-order valence-corrected chi connectivity index (χ1v) is 12.4. The summed E-state index contributed by atoms with van der Waals surface area (Å²) in [4.78, 5) is 12.8. The second-order valence-corrected chi connectivity index (χ2v) is 8.71. The SMILES string of the molecule is CCCCCCCCCCCCCCNNC(=O)NCCSc1ccc(O)cc1. The van der Waals surface area contributed by atoms with Crippen molar-refractivity contribution in [2.45, 2.75) is 88.9 Å². The van der Waals surface area contributed by atoms with Gasteiger partial charge in [-0.3, -0.25) is 5.43 Å².